The van der Waals surface area contributed by atoms with Gasteiger partial charge in [-0.2, -0.15) is 0 Å². The smallest absolute Gasteiger partial charge is 0.183 e. The second-order valence-corrected chi connectivity index (χ2v) is 16.2. The third kappa shape index (κ3) is 5.24. The van der Waals surface area contributed by atoms with Crippen LogP contribution in [0.5, 0.6) is 0 Å². The Bertz CT molecular complexity index is 76.2. The summed E-state index contributed by atoms with van der Waals surface area (Å²) in [6, 6.07) is 0. The van der Waals surface area contributed by atoms with Gasteiger partial charge in [0.1, 0.15) is 20.2 Å². The molecule has 0 spiro atoms. The van der Waals surface area contributed by atoms with Crippen LogP contribution in [0.2, 0.25) is 19.6 Å². The van der Waals surface area contributed by atoms with E-state index in [1.54, 1.807) is 0 Å². The molecule has 0 atom stereocenters. The highest BCUT2D eigenvalue weighted by atomic mass is 29.2. The van der Waals surface area contributed by atoms with Crippen LogP contribution in [0.4, 0.5) is 0 Å². The first-order valence-corrected chi connectivity index (χ1v) is 11.9. The maximum Gasteiger partial charge on any atom is 0.183 e. The van der Waals surface area contributed by atoms with E-state index in [4.69, 9.17) is 8.23 Å². The van der Waals surface area contributed by atoms with Gasteiger partial charge in [-0.05, 0) is 13.1 Å². The molecule has 0 bridgehead atoms. The molecule has 0 aliphatic rings. The van der Waals surface area contributed by atoms with Crippen LogP contribution in [-0.4, -0.2) is 37.4 Å². The zero-order chi connectivity index (χ0) is 7.33. The lowest BCUT2D eigenvalue weighted by Crippen LogP contribution is -2.39. The lowest BCUT2D eigenvalue weighted by Gasteiger charge is -2.19. The molecule has 0 saturated carbocycles. The molecule has 0 rings (SSSR count). The van der Waals surface area contributed by atoms with Gasteiger partial charge in [0.05, 0.1) is 0 Å². The number of hydrogen-bond donors (Lipinski definition) is 0. The first-order valence-electron chi connectivity index (χ1n) is 3.25. The molecule has 0 aromatic rings. The first kappa shape index (κ1) is 9.79. The van der Waals surface area contributed by atoms with Gasteiger partial charge in [-0.25, -0.2) is 0 Å². The van der Waals surface area contributed by atoms with Crippen LogP contribution in [0, 0.1) is 0 Å². The molecule has 6 heteroatoms. The highest BCUT2D eigenvalue weighted by Crippen LogP contribution is 1.98. The topological polar surface area (TPSA) is 18.5 Å². The summed E-state index contributed by atoms with van der Waals surface area (Å²) in [7, 11) is -0.680. The van der Waals surface area contributed by atoms with E-state index in [1.165, 1.54) is 0 Å². The summed E-state index contributed by atoms with van der Waals surface area (Å²) in [6.07, 6.45) is 0. The average molecular weight is 197 g/mol. The van der Waals surface area contributed by atoms with Crippen molar-refractivity contribution in [3.05, 3.63) is 0 Å². The predicted octanol–water partition coefficient (Wildman–Crippen LogP) is -1.78. The molecule has 0 N–H and O–H groups in total. The quantitative estimate of drug-likeness (QED) is 0.495. The van der Waals surface area contributed by atoms with Crippen molar-refractivity contribution in [1.82, 2.24) is 0 Å². The van der Waals surface area contributed by atoms with E-state index in [1.807, 2.05) is 0 Å². The third-order valence-electron chi connectivity index (χ3n) is 1.21. The van der Waals surface area contributed by atoms with Gasteiger partial charge in [0.15, 0.2) is 17.1 Å². The SMILES string of the molecule is C[SiH2]O[SiH2][Si](C)(C)O[SiH3]. The Morgan fingerprint density at radius 1 is 1.44 bits per heavy atom. The fourth-order valence-corrected chi connectivity index (χ4v) is 11.0. The van der Waals surface area contributed by atoms with Crippen molar-refractivity contribution >= 4 is 37.4 Å². The number of rotatable bonds is 4. The normalized spacial score (nSPS) is 15.0. The highest BCUT2D eigenvalue weighted by molar-refractivity contribution is 7.19. The van der Waals surface area contributed by atoms with Crippen molar-refractivity contribution in [2.45, 2.75) is 19.6 Å². The minimum Gasteiger partial charge on any atom is -0.465 e. The van der Waals surface area contributed by atoms with E-state index >= 15 is 0 Å². The van der Waals surface area contributed by atoms with Gasteiger partial charge in [-0.15, -0.1) is 0 Å². The van der Waals surface area contributed by atoms with E-state index in [2.05, 4.69) is 19.6 Å². The van der Waals surface area contributed by atoms with Crippen LogP contribution in [-0.2, 0) is 8.23 Å². The number of hydrogen-bond acceptors (Lipinski definition) is 2. The molecule has 2 nitrogen and oxygen atoms in total. The molecular weight excluding hydrogens is 180 g/mol. The van der Waals surface area contributed by atoms with Crippen molar-refractivity contribution in [3.63, 3.8) is 0 Å². The van der Waals surface area contributed by atoms with Crippen LogP contribution in [0.3, 0.4) is 0 Å². The van der Waals surface area contributed by atoms with Gasteiger partial charge in [0.25, 0.3) is 0 Å². The summed E-state index contributed by atoms with van der Waals surface area (Å²) < 4.78 is 11.0. The predicted molar refractivity (Wildman–Crippen MR) is 52.5 cm³/mol. The van der Waals surface area contributed by atoms with Crippen molar-refractivity contribution in [2.24, 2.45) is 0 Å². The molecule has 0 aromatic carbocycles. The molecule has 0 amide bonds. The summed E-state index contributed by atoms with van der Waals surface area (Å²) in [5, 5.41) is 0. The van der Waals surface area contributed by atoms with Gasteiger partial charge in [0.2, 0.25) is 0 Å². The monoisotopic (exact) mass is 196 g/mol. The molecule has 0 aliphatic carbocycles. The van der Waals surface area contributed by atoms with Gasteiger partial charge in [-0.1, -0.05) is 6.55 Å². The zero-order valence-electron chi connectivity index (χ0n) is 6.73. The van der Waals surface area contributed by atoms with Crippen molar-refractivity contribution in [1.29, 1.82) is 0 Å². The van der Waals surface area contributed by atoms with Crippen LogP contribution < -0.4 is 0 Å². The Kier molecular flexibility index (Phi) is 4.98. The Hall–Kier alpha value is 0.788. The van der Waals surface area contributed by atoms with Crippen LogP contribution in [0.15, 0.2) is 0 Å². The summed E-state index contributed by atoms with van der Waals surface area (Å²) >= 11 is 0. The average Bonchev–Trinajstić information content (AvgIpc) is 1.84. The Labute approximate surface area is 65.7 Å². The first-order chi connectivity index (χ1) is 4.12. The van der Waals surface area contributed by atoms with Gasteiger partial charge >= 0.3 is 0 Å². The maximum absolute atomic E-state index is 5.53. The van der Waals surface area contributed by atoms with Crippen LogP contribution in [0.25, 0.3) is 0 Å². The van der Waals surface area contributed by atoms with Gasteiger partial charge in [-0.3, -0.25) is 0 Å². The Balaban J connectivity index is 3.33. The molecular formula is C3H16O2Si4. The van der Waals surface area contributed by atoms with E-state index in [0.29, 0.717) is 0 Å². The van der Waals surface area contributed by atoms with Crippen LogP contribution >= 0.6 is 0 Å². The minimum atomic E-state index is -1.19. The van der Waals surface area contributed by atoms with E-state index in [9.17, 15) is 0 Å². The lowest BCUT2D eigenvalue weighted by atomic mass is 11.9. The molecule has 0 aromatic heterocycles. The summed E-state index contributed by atoms with van der Waals surface area (Å²) in [6.45, 7) is 6.71. The third-order valence-corrected chi connectivity index (χ3v) is 15.3. The van der Waals surface area contributed by atoms with E-state index < -0.39 is 7.83 Å². The maximum atomic E-state index is 5.53. The molecule has 0 fully saturated rings. The summed E-state index contributed by atoms with van der Waals surface area (Å²) in [5.74, 6) is 0. The molecule has 9 heavy (non-hydrogen) atoms. The second kappa shape index (κ2) is 4.58. The summed E-state index contributed by atoms with van der Waals surface area (Å²) in [4.78, 5) is 0. The Morgan fingerprint density at radius 3 is 2.33 bits per heavy atom. The molecule has 56 valence electrons. The van der Waals surface area contributed by atoms with E-state index in [-0.39, 0.29) is 19.0 Å². The summed E-state index contributed by atoms with van der Waals surface area (Å²) in [5.41, 5.74) is 0. The van der Waals surface area contributed by atoms with Crippen molar-refractivity contribution < 1.29 is 8.23 Å². The molecule has 0 aliphatic heterocycles. The molecule has 0 unspecified atom stereocenters. The standard InChI is InChI=1S/C3H16O2Si4/c1-7-5-8-9(2,3)4-6/h7-8H2,1-3,6H3. The van der Waals surface area contributed by atoms with E-state index in [0.717, 1.165) is 10.5 Å². The van der Waals surface area contributed by atoms with Gasteiger partial charge in [0, 0.05) is 0 Å². The fraction of sp³-hybridized carbons (Fsp3) is 1.00. The molecule has 0 radical (unpaired) electrons. The largest absolute Gasteiger partial charge is 0.465 e. The van der Waals surface area contributed by atoms with Crippen molar-refractivity contribution in [2.75, 3.05) is 0 Å². The van der Waals surface area contributed by atoms with Crippen molar-refractivity contribution in [3.8, 4) is 0 Å². The van der Waals surface area contributed by atoms with Gasteiger partial charge < -0.3 is 8.23 Å². The zero-order valence-corrected chi connectivity index (χ0v) is 12.6. The molecule has 0 heterocycles. The second-order valence-electron chi connectivity index (χ2n) is 2.60. The highest BCUT2D eigenvalue weighted by Gasteiger charge is 2.19. The lowest BCUT2D eigenvalue weighted by molar-refractivity contribution is 0.604. The minimum absolute atomic E-state index is 0.143. The van der Waals surface area contributed by atoms with Crippen LogP contribution in [0.1, 0.15) is 0 Å². The molecule has 0 saturated heterocycles. The Morgan fingerprint density at radius 2 is 2.00 bits per heavy atom. The fourth-order valence-electron chi connectivity index (χ4n) is 0.407.